The van der Waals surface area contributed by atoms with Crippen molar-refractivity contribution in [2.75, 3.05) is 6.54 Å². The zero-order valence-corrected chi connectivity index (χ0v) is 11.4. The van der Waals surface area contributed by atoms with Crippen molar-refractivity contribution in [3.05, 3.63) is 36.3 Å². The van der Waals surface area contributed by atoms with Crippen molar-refractivity contribution in [1.29, 1.82) is 0 Å². The second kappa shape index (κ2) is 5.01. The van der Waals surface area contributed by atoms with Gasteiger partial charge >= 0.3 is 0 Å². The molecule has 7 heteroatoms. The molecule has 0 spiro atoms. The lowest BCUT2D eigenvalue weighted by atomic mass is 10.1. The highest BCUT2D eigenvalue weighted by Crippen LogP contribution is 2.10. The van der Waals surface area contributed by atoms with Gasteiger partial charge in [0.2, 0.25) is 17.7 Å². The fraction of sp³-hybridized carbons (Fsp3) is 0.286. The third kappa shape index (κ3) is 2.49. The molecule has 3 rings (SSSR count). The minimum atomic E-state index is -0.646. The van der Waals surface area contributed by atoms with E-state index in [1.807, 2.05) is 28.8 Å². The third-order valence-electron chi connectivity index (χ3n) is 3.49. The maximum absolute atomic E-state index is 12.3. The molecule has 1 fully saturated rings. The van der Waals surface area contributed by atoms with E-state index in [-0.39, 0.29) is 18.9 Å². The summed E-state index contributed by atoms with van der Waals surface area (Å²) in [5.74, 6) is -1.19. The topological polar surface area (TPSA) is 83.8 Å². The number of pyridine rings is 1. The van der Waals surface area contributed by atoms with E-state index >= 15 is 0 Å². The van der Waals surface area contributed by atoms with E-state index in [0.717, 1.165) is 5.65 Å². The first-order valence-electron chi connectivity index (χ1n) is 6.60. The first kappa shape index (κ1) is 13.3. The Balaban J connectivity index is 1.79. The molecule has 1 atom stereocenters. The predicted molar refractivity (Wildman–Crippen MR) is 73.2 cm³/mol. The quantitative estimate of drug-likeness (QED) is 0.772. The van der Waals surface area contributed by atoms with Gasteiger partial charge in [-0.2, -0.15) is 0 Å². The van der Waals surface area contributed by atoms with Crippen molar-refractivity contribution in [3.63, 3.8) is 0 Å². The number of nitrogens with zero attached hydrogens (tertiary/aromatic N) is 3. The molecular weight excluding hydrogens is 272 g/mol. The zero-order chi connectivity index (χ0) is 15.0. The molecule has 1 unspecified atom stereocenters. The van der Waals surface area contributed by atoms with Crippen LogP contribution in [0.1, 0.15) is 12.6 Å². The number of amides is 3. The summed E-state index contributed by atoms with van der Waals surface area (Å²) >= 11 is 0. The van der Waals surface area contributed by atoms with Crippen LogP contribution in [-0.2, 0) is 20.8 Å². The molecule has 2 aromatic heterocycles. The maximum Gasteiger partial charge on any atom is 0.249 e. The number of hydrogen-bond acceptors (Lipinski definition) is 4. The molecule has 0 radical (unpaired) electrons. The van der Waals surface area contributed by atoms with E-state index in [1.54, 1.807) is 13.1 Å². The Hall–Kier alpha value is -2.70. The van der Waals surface area contributed by atoms with Crippen LogP contribution >= 0.6 is 0 Å². The summed E-state index contributed by atoms with van der Waals surface area (Å²) in [4.78, 5) is 40.9. The number of aromatic nitrogens is 2. The molecule has 0 bridgehead atoms. The van der Waals surface area contributed by atoms with E-state index in [1.165, 1.54) is 4.90 Å². The van der Waals surface area contributed by atoms with Gasteiger partial charge in [0.25, 0.3) is 0 Å². The minimum absolute atomic E-state index is 0.0621. The molecule has 7 nitrogen and oxygen atoms in total. The van der Waals surface area contributed by atoms with Crippen LogP contribution in [0.4, 0.5) is 0 Å². The number of carbonyl (C=O) groups is 3. The molecular formula is C14H14N4O3. The molecule has 3 heterocycles. The van der Waals surface area contributed by atoms with Gasteiger partial charge in [0.05, 0.1) is 12.1 Å². The van der Waals surface area contributed by atoms with Crippen LogP contribution in [0.25, 0.3) is 5.65 Å². The average molecular weight is 286 g/mol. The molecule has 0 saturated carbocycles. The third-order valence-corrected chi connectivity index (χ3v) is 3.49. The Kier molecular flexibility index (Phi) is 3.17. The van der Waals surface area contributed by atoms with E-state index in [2.05, 4.69) is 10.3 Å². The molecule has 1 saturated heterocycles. The van der Waals surface area contributed by atoms with Gasteiger partial charge in [0, 0.05) is 12.4 Å². The van der Waals surface area contributed by atoms with Crippen molar-refractivity contribution in [2.45, 2.75) is 19.4 Å². The highest BCUT2D eigenvalue weighted by atomic mass is 16.2. The van der Waals surface area contributed by atoms with Crippen LogP contribution < -0.4 is 5.32 Å². The van der Waals surface area contributed by atoms with Crippen molar-refractivity contribution in [3.8, 4) is 0 Å². The Morgan fingerprint density at radius 1 is 1.43 bits per heavy atom. The lowest BCUT2D eigenvalue weighted by Gasteiger charge is -2.31. The summed E-state index contributed by atoms with van der Waals surface area (Å²) in [6.45, 7) is 1.50. The normalized spacial score (nSPS) is 18.9. The van der Waals surface area contributed by atoms with Gasteiger partial charge in [-0.25, -0.2) is 4.98 Å². The second-order valence-electron chi connectivity index (χ2n) is 4.99. The highest BCUT2D eigenvalue weighted by molar-refractivity contribution is 6.04. The van der Waals surface area contributed by atoms with Gasteiger partial charge in [-0.15, -0.1) is 0 Å². The first-order valence-corrected chi connectivity index (χ1v) is 6.60. The zero-order valence-electron chi connectivity index (χ0n) is 11.4. The van der Waals surface area contributed by atoms with E-state index < -0.39 is 17.9 Å². The van der Waals surface area contributed by atoms with Crippen LogP contribution in [0.2, 0.25) is 0 Å². The van der Waals surface area contributed by atoms with Gasteiger partial charge in [-0.1, -0.05) is 6.07 Å². The van der Waals surface area contributed by atoms with Gasteiger partial charge in [0.15, 0.2) is 0 Å². The second-order valence-corrected chi connectivity index (χ2v) is 4.99. The lowest BCUT2D eigenvalue weighted by molar-refractivity contribution is -0.149. The smallest absolute Gasteiger partial charge is 0.249 e. The van der Waals surface area contributed by atoms with Crippen LogP contribution in [-0.4, -0.2) is 44.6 Å². The van der Waals surface area contributed by atoms with Crippen LogP contribution in [0, 0.1) is 0 Å². The summed E-state index contributed by atoms with van der Waals surface area (Å²) < 4.78 is 1.82. The SMILES string of the molecule is CC1C(=O)NC(=O)CN1C(=O)Cc1cn2ccccc2n1. The number of fused-ring (bicyclic) bond motifs is 1. The molecule has 2 aromatic rings. The fourth-order valence-corrected chi connectivity index (χ4v) is 2.35. The predicted octanol–water partition coefficient (Wildman–Crippen LogP) is -0.250. The molecule has 1 N–H and O–H groups in total. The summed E-state index contributed by atoms with van der Waals surface area (Å²) in [5, 5.41) is 2.21. The summed E-state index contributed by atoms with van der Waals surface area (Å²) in [6.07, 6.45) is 3.67. The number of piperazine rings is 1. The van der Waals surface area contributed by atoms with Crippen molar-refractivity contribution >= 4 is 23.4 Å². The highest BCUT2D eigenvalue weighted by Gasteiger charge is 2.33. The van der Waals surface area contributed by atoms with E-state index in [4.69, 9.17) is 0 Å². The number of hydrogen-bond donors (Lipinski definition) is 1. The monoisotopic (exact) mass is 286 g/mol. The van der Waals surface area contributed by atoms with Crippen molar-refractivity contribution < 1.29 is 14.4 Å². The fourth-order valence-electron chi connectivity index (χ4n) is 2.35. The molecule has 108 valence electrons. The number of nitrogens with one attached hydrogen (secondary N) is 1. The van der Waals surface area contributed by atoms with Crippen molar-refractivity contribution in [2.24, 2.45) is 0 Å². The van der Waals surface area contributed by atoms with Gasteiger partial charge in [0.1, 0.15) is 18.2 Å². The van der Waals surface area contributed by atoms with Gasteiger partial charge < -0.3 is 9.30 Å². The standard InChI is InChI=1S/C14H14N4O3/c1-9-14(21)16-12(19)8-18(9)13(20)6-10-7-17-5-3-2-4-11(17)15-10/h2-5,7,9H,6,8H2,1H3,(H,16,19,21). The van der Waals surface area contributed by atoms with Crippen LogP contribution in [0.15, 0.2) is 30.6 Å². The molecule has 1 aliphatic heterocycles. The Morgan fingerprint density at radius 3 is 3.00 bits per heavy atom. The molecule has 0 aromatic carbocycles. The molecule has 1 aliphatic rings. The number of imide groups is 1. The van der Waals surface area contributed by atoms with Gasteiger partial charge in [-0.05, 0) is 19.1 Å². The number of imidazole rings is 1. The van der Waals surface area contributed by atoms with Gasteiger partial charge in [-0.3, -0.25) is 19.7 Å². The first-order chi connectivity index (χ1) is 10.0. The molecule has 0 aliphatic carbocycles. The minimum Gasteiger partial charge on any atom is -0.321 e. The summed E-state index contributed by atoms with van der Waals surface area (Å²) in [6, 6.07) is 4.93. The Bertz CT molecular complexity index is 704. The summed E-state index contributed by atoms with van der Waals surface area (Å²) in [7, 11) is 0. The van der Waals surface area contributed by atoms with E-state index in [0.29, 0.717) is 5.69 Å². The Labute approximate surface area is 120 Å². The molecule has 3 amide bonds. The number of carbonyl (C=O) groups excluding carboxylic acids is 3. The summed E-state index contributed by atoms with van der Waals surface area (Å²) in [5.41, 5.74) is 1.36. The molecule has 21 heavy (non-hydrogen) atoms. The largest absolute Gasteiger partial charge is 0.321 e. The number of rotatable bonds is 2. The van der Waals surface area contributed by atoms with Crippen molar-refractivity contribution in [1.82, 2.24) is 19.6 Å². The van der Waals surface area contributed by atoms with E-state index in [9.17, 15) is 14.4 Å². The Morgan fingerprint density at radius 2 is 2.24 bits per heavy atom. The maximum atomic E-state index is 12.3. The van der Waals surface area contributed by atoms with Crippen LogP contribution in [0.5, 0.6) is 0 Å². The van der Waals surface area contributed by atoms with Crippen LogP contribution in [0.3, 0.4) is 0 Å². The average Bonchev–Trinajstić information content (AvgIpc) is 2.84. The lowest BCUT2D eigenvalue weighted by Crippen LogP contribution is -2.58.